The van der Waals surface area contributed by atoms with Gasteiger partial charge in [0.1, 0.15) is 0 Å². The van der Waals surface area contributed by atoms with E-state index in [2.05, 4.69) is 11.9 Å². The summed E-state index contributed by atoms with van der Waals surface area (Å²) in [6.45, 7) is 5.91. The Morgan fingerprint density at radius 1 is 1.24 bits per heavy atom. The van der Waals surface area contributed by atoms with Gasteiger partial charge >= 0.3 is 0 Å². The Labute approximate surface area is 106 Å². The molecule has 1 aromatic carbocycles. The van der Waals surface area contributed by atoms with E-state index in [-0.39, 0.29) is 0 Å². The molecule has 0 saturated carbocycles. The van der Waals surface area contributed by atoms with Gasteiger partial charge in [0.15, 0.2) is 0 Å². The summed E-state index contributed by atoms with van der Waals surface area (Å²) in [5.74, 6) is 0. The van der Waals surface area contributed by atoms with Gasteiger partial charge in [-0.25, -0.2) is 4.98 Å². The Balaban J connectivity index is 2.23. The number of hydrogen-bond acceptors (Lipinski definition) is 3. The molecule has 2 aromatic rings. The standard InChI is InChI=1S/C14H17NOS/c1-10-11(2)17-13(15-10)9-14(3,16)12-7-5-4-6-8-12/h4-8,16H,9H2,1-3H3. The van der Waals surface area contributed by atoms with Crippen LogP contribution < -0.4 is 0 Å². The average Bonchev–Trinajstić information content (AvgIpc) is 2.58. The molecular weight excluding hydrogens is 230 g/mol. The smallest absolute Gasteiger partial charge is 0.0962 e. The molecule has 2 rings (SSSR count). The van der Waals surface area contributed by atoms with E-state index in [9.17, 15) is 5.11 Å². The number of aromatic nitrogens is 1. The summed E-state index contributed by atoms with van der Waals surface area (Å²) in [4.78, 5) is 5.71. The van der Waals surface area contributed by atoms with Gasteiger partial charge in [-0.05, 0) is 26.3 Å². The monoisotopic (exact) mass is 247 g/mol. The quantitative estimate of drug-likeness (QED) is 0.903. The van der Waals surface area contributed by atoms with Crippen molar-refractivity contribution in [2.75, 3.05) is 0 Å². The van der Waals surface area contributed by atoms with E-state index in [0.717, 1.165) is 16.3 Å². The van der Waals surface area contributed by atoms with Crippen molar-refractivity contribution in [1.82, 2.24) is 4.98 Å². The van der Waals surface area contributed by atoms with Crippen molar-refractivity contribution in [2.45, 2.75) is 32.8 Å². The molecule has 0 radical (unpaired) electrons. The summed E-state index contributed by atoms with van der Waals surface area (Å²) in [7, 11) is 0. The first-order valence-electron chi connectivity index (χ1n) is 5.70. The van der Waals surface area contributed by atoms with Gasteiger partial charge in [-0.1, -0.05) is 30.3 Å². The van der Waals surface area contributed by atoms with Crippen LogP contribution in [0.1, 0.15) is 28.1 Å². The van der Waals surface area contributed by atoms with Crippen LogP contribution in [0.15, 0.2) is 30.3 Å². The second-order valence-electron chi connectivity index (χ2n) is 4.57. The van der Waals surface area contributed by atoms with E-state index in [0.29, 0.717) is 6.42 Å². The zero-order valence-corrected chi connectivity index (χ0v) is 11.2. The molecule has 90 valence electrons. The van der Waals surface area contributed by atoms with Crippen LogP contribution in [0.2, 0.25) is 0 Å². The topological polar surface area (TPSA) is 33.1 Å². The van der Waals surface area contributed by atoms with Crippen LogP contribution in [0.3, 0.4) is 0 Å². The Bertz CT molecular complexity index is 483. The highest BCUT2D eigenvalue weighted by molar-refractivity contribution is 7.11. The van der Waals surface area contributed by atoms with E-state index in [1.165, 1.54) is 4.88 Å². The lowest BCUT2D eigenvalue weighted by Crippen LogP contribution is -2.24. The summed E-state index contributed by atoms with van der Waals surface area (Å²) in [5, 5.41) is 11.5. The maximum Gasteiger partial charge on any atom is 0.0962 e. The molecule has 0 aliphatic rings. The van der Waals surface area contributed by atoms with Gasteiger partial charge < -0.3 is 5.11 Å². The van der Waals surface area contributed by atoms with Crippen LogP contribution in [-0.2, 0) is 12.0 Å². The van der Waals surface area contributed by atoms with Gasteiger partial charge in [0.05, 0.1) is 16.3 Å². The second kappa shape index (κ2) is 4.59. The van der Waals surface area contributed by atoms with Gasteiger partial charge in [-0.15, -0.1) is 11.3 Å². The molecule has 1 aromatic heterocycles. The minimum Gasteiger partial charge on any atom is -0.385 e. The SMILES string of the molecule is Cc1nc(CC(C)(O)c2ccccc2)sc1C. The largest absolute Gasteiger partial charge is 0.385 e. The molecule has 0 aliphatic heterocycles. The maximum atomic E-state index is 10.5. The first-order valence-corrected chi connectivity index (χ1v) is 6.51. The van der Waals surface area contributed by atoms with Crippen molar-refractivity contribution in [1.29, 1.82) is 0 Å². The van der Waals surface area contributed by atoms with Crippen LogP contribution in [0, 0.1) is 13.8 Å². The zero-order valence-electron chi connectivity index (χ0n) is 10.4. The third-order valence-corrected chi connectivity index (χ3v) is 4.04. The third kappa shape index (κ3) is 2.73. The van der Waals surface area contributed by atoms with Gasteiger partial charge in [0.25, 0.3) is 0 Å². The first-order chi connectivity index (χ1) is 7.99. The van der Waals surface area contributed by atoms with Crippen molar-refractivity contribution in [3.63, 3.8) is 0 Å². The fourth-order valence-electron chi connectivity index (χ4n) is 1.81. The summed E-state index contributed by atoms with van der Waals surface area (Å²) in [5.41, 5.74) is 1.15. The molecule has 1 unspecified atom stereocenters. The number of aliphatic hydroxyl groups is 1. The molecule has 0 spiro atoms. The van der Waals surface area contributed by atoms with Gasteiger partial charge in [-0.3, -0.25) is 0 Å². The highest BCUT2D eigenvalue weighted by atomic mass is 32.1. The van der Waals surface area contributed by atoms with E-state index in [1.54, 1.807) is 11.3 Å². The molecule has 0 amide bonds. The van der Waals surface area contributed by atoms with Crippen LogP contribution in [-0.4, -0.2) is 10.1 Å². The number of rotatable bonds is 3. The molecule has 2 nitrogen and oxygen atoms in total. The molecule has 1 heterocycles. The van der Waals surface area contributed by atoms with Crippen molar-refractivity contribution in [2.24, 2.45) is 0 Å². The molecule has 0 saturated heterocycles. The van der Waals surface area contributed by atoms with Gasteiger partial charge in [0.2, 0.25) is 0 Å². The lowest BCUT2D eigenvalue weighted by molar-refractivity contribution is 0.0575. The molecule has 1 N–H and O–H groups in total. The lowest BCUT2D eigenvalue weighted by Gasteiger charge is -2.22. The summed E-state index contributed by atoms with van der Waals surface area (Å²) < 4.78 is 0. The Kier molecular flexibility index (Phi) is 3.31. The Morgan fingerprint density at radius 2 is 1.88 bits per heavy atom. The van der Waals surface area contributed by atoms with Gasteiger partial charge in [0, 0.05) is 11.3 Å². The molecule has 0 fully saturated rings. The predicted octanol–water partition coefficient (Wildman–Crippen LogP) is 3.21. The van der Waals surface area contributed by atoms with Gasteiger partial charge in [-0.2, -0.15) is 0 Å². The molecule has 0 aliphatic carbocycles. The molecule has 3 heteroatoms. The van der Waals surface area contributed by atoms with Crippen molar-refractivity contribution < 1.29 is 5.11 Å². The number of hydrogen-bond donors (Lipinski definition) is 1. The number of benzene rings is 1. The van der Waals surface area contributed by atoms with Crippen LogP contribution in [0.25, 0.3) is 0 Å². The molecular formula is C14H17NOS. The molecule has 1 atom stereocenters. The molecule has 17 heavy (non-hydrogen) atoms. The normalized spacial score (nSPS) is 14.6. The van der Waals surface area contributed by atoms with E-state index in [1.807, 2.05) is 44.2 Å². The highest BCUT2D eigenvalue weighted by Crippen LogP contribution is 2.28. The number of thiazole rings is 1. The van der Waals surface area contributed by atoms with Crippen LogP contribution in [0.4, 0.5) is 0 Å². The van der Waals surface area contributed by atoms with E-state index >= 15 is 0 Å². The summed E-state index contributed by atoms with van der Waals surface area (Å²) >= 11 is 1.66. The minimum absolute atomic E-state index is 0.566. The number of nitrogens with zero attached hydrogens (tertiary/aromatic N) is 1. The Hall–Kier alpha value is -1.19. The first kappa shape index (κ1) is 12.3. The van der Waals surface area contributed by atoms with E-state index < -0.39 is 5.60 Å². The van der Waals surface area contributed by atoms with Crippen molar-refractivity contribution in [3.8, 4) is 0 Å². The fourth-order valence-corrected chi connectivity index (χ4v) is 2.89. The average molecular weight is 247 g/mol. The van der Waals surface area contributed by atoms with Crippen LogP contribution >= 0.6 is 11.3 Å². The number of aryl methyl sites for hydroxylation is 2. The van der Waals surface area contributed by atoms with E-state index in [4.69, 9.17) is 0 Å². The fraction of sp³-hybridized carbons (Fsp3) is 0.357. The van der Waals surface area contributed by atoms with Crippen molar-refractivity contribution >= 4 is 11.3 Å². The summed E-state index contributed by atoms with van der Waals surface area (Å²) in [6.07, 6.45) is 0.566. The van der Waals surface area contributed by atoms with Crippen molar-refractivity contribution in [3.05, 3.63) is 51.5 Å². The predicted molar refractivity (Wildman–Crippen MR) is 71.3 cm³/mol. The zero-order chi connectivity index (χ0) is 12.5. The minimum atomic E-state index is -0.849. The lowest BCUT2D eigenvalue weighted by atomic mass is 9.93. The Morgan fingerprint density at radius 3 is 2.41 bits per heavy atom. The molecule has 0 bridgehead atoms. The maximum absolute atomic E-state index is 10.5. The highest BCUT2D eigenvalue weighted by Gasteiger charge is 2.25. The van der Waals surface area contributed by atoms with Crippen LogP contribution in [0.5, 0.6) is 0 Å². The second-order valence-corrected chi connectivity index (χ2v) is 5.85. The third-order valence-electron chi connectivity index (χ3n) is 2.96. The summed E-state index contributed by atoms with van der Waals surface area (Å²) in [6, 6.07) is 9.75.